The van der Waals surface area contributed by atoms with E-state index >= 15 is 0 Å². The Morgan fingerprint density at radius 1 is 1.25 bits per heavy atom. The van der Waals surface area contributed by atoms with E-state index in [-0.39, 0.29) is 5.57 Å². The molecule has 0 N–H and O–H groups in total. The first kappa shape index (κ1) is 10.7. The van der Waals surface area contributed by atoms with Crippen LogP contribution in [0.4, 0.5) is 0 Å². The molecule has 0 spiro atoms. The average Bonchev–Trinajstić information content (AvgIpc) is 2.03. The first-order valence-corrected chi connectivity index (χ1v) is 4.11. The summed E-state index contributed by atoms with van der Waals surface area (Å²) in [4.78, 5) is 0. The summed E-state index contributed by atoms with van der Waals surface area (Å²) in [6, 6.07) is 3.79. The maximum absolute atomic E-state index is 8.53. The quantitative estimate of drug-likeness (QED) is 0.599. The largest absolute Gasteiger partial charge is 0.192 e. The van der Waals surface area contributed by atoms with Gasteiger partial charge in [-0.15, -0.1) is 0 Å². The van der Waals surface area contributed by atoms with Crippen LogP contribution in [0.3, 0.4) is 0 Å². The third-order valence-electron chi connectivity index (χ3n) is 1.75. The fraction of sp³-hybridized carbons (Fsp3) is 0.600. The zero-order valence-corrected chi connectivity index (χ0v) is 7.89. The molecule has 2 nitrogen and oxygen atoms in total. The second-order valence-electron chi connectivity index (χ2n) is 3.31. The summed E-state index contributed by atoms with van der Waals surface area (Å²) in [7, 11) is 0. The normalized spacial score (nSPS) is 8.83. The summed E-state index contributed by atoms with van der Waals surface area (Å²) >= 11 is 0. The van der Waals surface area contributed by atoms with Crippen molar-refractivity contribution in [1.82, 2.24) is 0 Å². The standard InChI is InChI=1S/C10H14N2/c1-8(2)4-5-9(3)10(6-11)7-12/h8H,4-5H2,1-3H3. The summed E-state index contributed by atoms with van der Waals surface area (Å²) in [6.07, 6.45) is 1.90. The van der Waals surface area contributed by atoms with Crippen LogP contribution < -0.4 is 0 Å². The molecule has 0 amide bonds. The van der Waals surface area contributed by atoms with E-state index in [9.17, 15) is 0 Å². The van der Waals surface area contributed by atoms with Gasteiger partial charge < -0.3 is 0 Å². The Balaban J connectivity index is 4.20. The molecule has 0 aromatic carbocycles. The minimum Gasteiger partial charge on any atom is -0.192 e. The van der Waals surface area contributed by atoms with E-state index in [1.165, 1.54) is 0 Å². The first-order valence-electron chi connectivity index (χ1n) is 4.11. The van der Waals surface area contributed by atoms with Crippen LogP contribution in [-0.4, -0.2) is 0 Å². The zero-order chi connectivity index (χ0) is 9.56. The van der Waals surface area contributed by atoms with Crippen molar-refractivity contribution in [2.75, 3.05) is 0 Å². The minimum atomic E-state index is 0.274. The average molecular weight is 162 g/mol. The van der Waals surface area contributed by atoms with Gasteiger partial charge in [0.25, 0.3) is 0 Å². The summed E-state index contributed by atoms with van der Waals surface area (Å²) in [6.45, 7) is 6.11. The lowest BCUT2D eigenvalue weighted by molar-refractivity contribution is 0.584. The molecule has 0 rings (SSSR count). The number of nitriles is 2. The van der Waals surface area contributed by atoms with Gasteiger partial charge in [0.1, 0.15) is 17.7 Å². The third kappa shape index (κ3) is 3.78. The third-order valence-corrected chi connectivity index (χ3v) is 1.75. The van der Waals surface area contributed by atoms with E-state index in [1.807, 2.05) is 19.1 Å². The number of hydrogen-bond donors (Lipinski definition) is 0. The lowest BCUT2D eigenvalue weighted by Crippen LogP contribution is -1.90. The summed E-state index contributed by atoms with van der Waals surface area (Å²) < 4.78 is 0. The summed E-state index contributed by atoms with van der Waals surface area (Å²) in [5.74, 6) is 0.624. The van der Waals surface area contributed by atoms with Crippen LogP contribution >= 0.6 is 0 Å². The van der Waals surface area contributed by atoms with Crippen LogP contribution in [-0.2, 0) is 0 Å². The maximum atomic E-state index is 8.53. The van der Waals surface area contributed by atoms with Crippen molar-refractivity contribution >= 4 is 0 Å². The van der Waals surface area contributed by atoms with Crippen molar-refractivity contribution in [3.8, 4) is 12.1 Å². The lowest BCUT2D eigenvalue weighted by Gasteiger charge is -2.03. The van der Waals surface area contributed by atoms with Gasteiger partial charge in [-0.3, -0.25) is 0 Å². The van der Waals surface area contributed by atoms with Crippen LogP contribution in [0.25, 0.3) is 0 Å². The highest BCUT2D eigenvalue weighted by atomic mass is 14.3. The molecule has 2 heteroatoms. The van der Waals surface area contributed by atoms with Gasteiger partial charge in [-0.05, 0) is 31.3 Å². The van der Waals surface area contributed by atoms with Gasteiger partial charge >= 0.3 is 0 Å². The molecule has 0 aliphatic heterocycles. The predicted octanol–water partition coefficient (Wildman–Crippen LogP) is 2.79. The van der Waals surface area contributed by atoms with Gasteiger partial charge in [0.05, 0.1) is 0 Å². The van der Waals surface area contributed by atoms with Crippen molar-refractivity contribution in [2.45, 2.75) is 33.6 Å². The minimum absolute atomic E-state index is 0.274. The molecule has 0 saturated heterocycles. The van der Waals surface area contributed by atoms with Crippen LogP contribution in [0.15, 0.2) is 11.1 Å². The van der Waals surface area contributed by atoms with Crippen molar-refractivity contribution in [3.05, 3.63) is 11.1 Å². The zero-order valence-electron chi connectivity index (χ0n) is 7.89. The molecule has 0 radical (unpaired) electrons. The fourth-order valence-corrected chi connectivity index (χ4v) is 0.846. The smallest absolute Gasteiger partial charge is 0.128 e. The van der Waals surface area contributed by atoms with Gasteiger partial charge in [0.2, 0.25) is 0 Å². The van der Waals surface area contributed by atoms with Gasteiger partial charge in [-0.25, -0.2) is 0 Å². The highest BCUT2D eigenvalue weighted by Gasteiger charge is 2.01. The van der Waals surface area contributed by atoms with Crippen molar-refractivity contribution in [2.24, 2.45) is 5.92 Å². The molecule has 0 atom stereocenters. The Kier molecular flexibility index (Phi) is 4.81. The van der Waals surface area contributed by atoms with Gasteiger partial charge in [0.15, 0.2) is 0 Å². The second kappa shape index (κ2) is 5.38. The number of rotatable bonds is 3. The van der Waals surface area contributed by atoms with Crippen LogP contribution in [0.2, 0.25) is 0 Å². The summed E-state index contributed by atoms with van der Waals surface area (Å²) in [5, 5.41) is 17.1. The Labute approximate surface area is 74.1 Å². The fourth-order valence-electron chi connectivity index (χ4n) is 0.846. The Hall–Kier alpha value is -1.28. The van der Waals surface area contributed by atoms with Crippen LogP contribution in [0.5, 0.6) is 0 Å². The van der Waals surface area contributed by atoms with E-state index in [0.29, 0.717) is 5.92 Å². The SMILES string of the molecule is CC(CCC(C)C)=C(C#N)C#N. The van der Waals surface area contributed by atoms with E-state index < -0.39 is 0 Å². The Morgan fingerprint density at radius 2 is 1.75 bits per heavy atom. The molecular formula is C10H14N2. The Bertz CT molecular complexity index is 232. The topological polar surface area (TPSA) is 47.6 Å². The molecule has 64 valence electrons. The van der Waals surface area contributed by atoms with E-state index in [0.717, 1.165) is 18.4 Å². The Morgan fingerprint density at radius 3 is 2.08 bits per heavy atom. The van der Waals surface area contributed by atoms with Gasteiger partial charge in [-0.1, -0.05) is 13.8 Å². The molecule has 0 bridgehead atoms. The molecular weight excluding hydrogens is 148 g/mol. The molecule has 0 heterocycles. The van der Waals surface area contributed by atoms with Crippen molar-refractivity contribution < 1.29 is 0 Å². The molecule has 0 aliphatic rings. The monoisotopic (exact) mass is 162 g/mol. The molecule has 0 aliphatic carbocycles. The predicted molar refractivity (Wildman–Crippen MR) is 48.0 cm³/mol. The number of nitrogens with zero attached hydrogens (tertiary/aromatic N) is 2. The second-order valence-corrected chi connectivity index (χ2v) is 3.31. The number of allylic oxidation sites excluding steroid dienone is 2. The molecule has 0 unspecified atom stereocenters. The van der Waals surface area contributed by atoms with Crippen molar-refractivity contribution in [1.29, 1.82) is 10.5 Å². The molecule has 0 fully saturated rings. The highest BCUT2D eigenvalue weighted by molar-refractivity contribution is 5.39. The molecule has 0 saturated carbocycles. The highest BCUT2D eigenvalue weighted by Crippen LogP contribution is 2.13. The van der Waals surface area contributed by atoms with E-state index in [4.69, 9.17) is 10.5 Å². The molecule has 0 aromatic rings. The van der Waals surface area contributed by atoms with Crippen molar-refractivity contribution in [3.63, 3.8) is 0 Å². The van der Waals surface area contributed by atoms with Crippen LogP contribution in [0.1, 0.15) is 33.6 Å². The van der Waals surface area contributed by atoms with Gasteiger partial charge in [-0.2, -0.15) is 10.5 Å². The number of hydrogen-bond acceptors (Lipinski definition) is 2. The maximum Gasteiger partial charge on any atom is 0.128 e. The van der Waals surface area contributed by atoms with Crippen LogP contribution in [0, 0.1) is 28.6 Å². The van der Waals surface area contributed by atoms with Gasteiger partial charge in [0, 0.05) is 0 Å². The summed E-state index contributed by atoms with van der Waals surface area (Å²) in [5.41, 5.74) is 1.18. The molecule has 12 heavy (non-hydrogen) atoms. The van der Waals surface area contributed by atoms with E-state index in [1.54, 1.807) is 0 Å². The first-order chi connectivity index (χ1) is 5.61. The van der Waals surface area contributed by atoms with E-state index in [2.05, 4.69) is 13.8 Å². The molecule has 0 aromatic heterocycles. The lowest BCUT2D eigenvalue weighted by atomic mass is 10.0.